The van der Waals surface area contributed by atoms with Gasteiger partial charge in [-0.05, 0) is 98.5 Å². The van der Waals surface area contributed by atoms with Crippen LogP contribution in [0.15, 0.2) is 34.0 Å². The van der Waals surface area contributed by atoms with E-state index < -0.39 is 5.60 Å². The van der Waals surface area contributed by atoms with Gasteiger partial charge in [-0.3, -0.25) is 0 Å². The number of aromatic nitrogens is 1. The van der Waals surface area contributed by atoms with Gasteiger partial charge < -0.3 is 19.5 Å². The van der Waals surface area contributed by atoms with Crippen LogP contribution in [0.2, 0.25) is 0 Å². The van der Waals surface area contributed by atoms with E-state index in [-0.39, 0.29) is 11.5 Å². The first-order valence-corrected chi connectivity index (χ1v) is 10.4. The van der Waals surface area contributed by atoms with Gasteiger partial charge in [0.25, 0.3) is 0 Å². The van der Waals surface area contributed by atoms with Crippen LogP contribution >= 0.6 is 0 Å². The minimum atomic E-state index is -0.658. The van der Waals surface area contributed by atoms with E-state index in [1.54, 1.807) is 12.1 Å². The molecule has 31 heavy (non-hydrogen) atoms. The Morgan fingerprint density at radius 1 is 1.06 bits per heavy atom. The lowest BCUT2D eigenvalue weighted by atomic mass is 9.85. The topological polar surface area (TPSA) is 105 Å². The lowest BCUT2D eigenvalue weighted by Gasteiger charge is -2.36. The van der Waals surface area contributed by atoms with Gasteiger partial charge in [-0.25, -0.2) is 0 Å². The van der Waals surface area contributed by atoms with Gasteiger partial charge in [-0.15, -0.1) is 4.91 Å². The molecule has 162 valence electrons. The van der Waals surface area contributed by atoms with Crippen molar-refractivity contribution in [3.63, 3.8) is 0 Å². The highest BCUT2D eigenvalue weighted by Gasteiger charge is 2.39. The molecule has 1 aromatic heterocycles. The SMILES string of the molecule is Cc1c(C)c2c(c(C)c1N=O)CCC(C)(c1cc(CCc3ccc(O)c(O)c3)no1)O2. The van der Waals surface area contributed by atoms with Crippen molar-refractivity contribution in [1.82, 2.24) is 5.16 Å². The number of aromatic hydroxyl groups is 2. The molecule has 2 heterocycles. The summed E-state index contributed by atoms with van der Waals surface area (Å²) < 4.78 is 12.1. The van der Waals surface area contributed by atoms with Crippen LogP contribution in [0.5, 0.6) is 17.2 Å². The zero-order valence-corrected chi connectivity index (χ0v) is 18.2. The van der Waals surface area contributed by atoms with Crippen LogP contribution in [0, 0.1) is 25.7 Å². The van der Waals surface area contributed by atoms with E-state index in [0.29, 0.717) is 30.7 Å². The van der Waals surface area contributed by atoms with E-state index in [0.717, 1.165) is 45.7 Å². The van der Waals surface area contributed by atoms with Crippen molar-refractivity contribution in [3.05, 3.63) is 68.4 Å². The molecule has 4 rings (SSSR count). The highest BCUT2D eigenvalue weighted by atomic mass is 16.5. The fraction of sp³-hybridized carbons (Fsp3) is 0.375. The number of phenolic OH excluding ortho intramolecular Hbond substituents is 2. The highest BCUT2D eigenvalue weighted by molar-refractivity contribution is 5.65. The largest absolute Gasteiger partial charge is 0.504 e. The summed E-state index contributed by atoms with van der Waals surface area (Å²) in [6.07, 6.45) is 2.73. The Balaban J connectivity index is 1.55. The normalized spacial score (nSPS) is 17.8. The fourth-order valence-electron chi connectivity index (χ4n) is 4.23. The van der Waals surface area contributed by atoms with E-state index in [1.165, 1.54) is 6.07 Å². The summed E-state index contributed by atoms with van der Waals surface area (Å²) in [6, 6.07) is 6.72. The summed E-state index contributed by atoms with van der Waals surface area (Å²) in [4.78, 5) is 11.3. The molecule has 0 saturated carbocycles. The molecular formula is C24H26N2O5. The Morgan fingerprint density at radius 2 is 1.84 bits per heavy atom. The first-order chi connectivity index (χ1) is 14.7. The molecule has 2 aromatic carbocycles. The molecule has 0 radical (unpaired) electrons. The second-order valence-corrected chi connectivity index (χ2v) is 8.46. The summed E-state index contributed by atoms with van der Waals surface area (Å²) in [7, 11) is 0. The van der Waals surface area contributed by atoms with Crippen molar-refractivity contribution in [2.24, 2.45) is 5.18 Å². The van der Waals surface area contributed by atoms with Crippen LogP contribution in [-0.4, -0.2) is 15.4 Å². The number of phenols is 2. The Hall–Kier alpha value is -3.35. The molecule has 1 atom stereocenters. The number of fused-ring (bicyclic) bond motifs is 1. The molecule has 0 aliphatic carbocycles. The molecule has 0 fully saturated rings. The van der Waals surface area contributed by atoms with Gasteiger partial charge >= 0.3 is 0 Å². The van der Waals surface area contributed by atoms with Gasteiger partial charge in [0.15, 0.2) is 22.9 Å². The smallest absolute Gasteiger partial charge is 0.180 e. The predicted octanol–water partition coefficient (Wildman–Crippen LogP) is 5.43. The molecule has 0 amide bonds. The van der Waals surface area contributed by atoms with E-state index >= 15 is 0 Å². The quantitative estimate of drug-likeness (QED) is 0.419. The number of rotatable bonds is 5. The maximum absolute atomic E-state index is 11.3. The summed E-state index contributed by atoms with van der Waals surface area (Å²) in [6.45, 7) is 7.76. The molecular weight excluding hydrogens is 396 g/mol. The third kappa shape index (κ3) is 3.65. The maximum Gasteiger partial charge on any atom is 0.180 e. The monoisotopic (exact) mass is 422 g/mol. The fourth-order valence-corrected chi connectivity index (χ4v) is 4.23. The molecule has 2 N–H and O–H groups in total. The number of aryl methyl sites for hydroxylation is 2. The Kier molecular flexibility index (Phi) is 5.21. The number of ether oxygens (including phenoxy) is 1. The van der Waals surface area contributed by atoms with Gasteiger partial charge in [0, 0.05) is 6.07 Å². The van der Waals surface area contributed by atoms with E-state index in [9.17, 15) is 15.1 Å². The standard InChI is InChI=1S/C24H26N2O5/c1-13-14(2)23-18(15(3)22(13)25-29)9-10-24(4,30-23)21-12-17(26-31-21)7-5-16-6-8-19(27)20(28)11-16/h6,8,11-12,27-28H,5,7,9-10H2,1-4H3. The number of nitroso groups, excluding NO2 is 1. The minimum absolute atomic E-state index is 0.131. The van der Waals surface area contributed by atoms with Crippen LogP contribution < -0.4 is 4.74 Å². The summed E-state index contributed by atoms with van der Waals surface area (Å²) in [5, 5.41) is 26.5. The second kappa shape index (κ2) is 7.72. The molecule has 7 heteroatoms. The molecule has 1 aliphatic heterocycles. The van der Waals surface area contributed by atoms with Crippen molar-refractivity contribution in [3.8, 4) is 17.2 Å². The summed E-state index contributed by atoms with van der Waals surface area (Å²) >= 11 is 0. The third-order valence-electron chi connectivity index (χ3n) is 6.40. The van der Waals surface area contributed by atoms with Crippen LogP contribution in [0.4, 0.5) is 5.69 Å². The number of nitrogens with zero attached hydrogens (tertiary/aromatic N) is 2. The van der Waals surface area contributed by atoms with E-state index in [4.69, 9.17) is 9.26 Å². The van der Waals surface area contributed by atoms with Gasteiger partial charge in [-0.2, -0.15) is 0 Å². The average molecular weight is 422 g/mol. The summed E-state index contributed by atoms with van der Waals surface area (Å²) in [5.74, 6) is 1.20. The van der Waals surface area contributed by atoms with Gasteiger partial charge in [0.1, 0.15) is 11.4 Å². The van der Waals surface area contributed by atoms with Crippen LogP contribution in [-0.2, 0) is 24.9 Å². The number of hydrogen-bond donors (Lipinski definition) is 2. The molecule has 0 spiro atoms. The van der Waals surface area contributed by atoms with E-state index in [1.807, 2.05) is 33.8 Å². The van der Waals surface area contributed by atoms with E-state index in [2.05, 4.69) is 10.3 Å². The molecule has 3 aromatic rings. The lowest BCUT2D eigenvalue weighted by molar-refractivity contribution is 0.0332. The Bertz CT molecular complexity index is 1170. The number of hydrogen-bond acceptors (Lipinski definition) is 7. The molecule has 0 saturated heterocycles. The zero-order chi connectivity index (χ0) is 22.3. The highest BCUT2D eigenvalue weighted by Crippen LogP contribution is 2.46. The predicted molar refractivity (Wildman–Crippen MR) is 116 cm³/mol. The molecule has 1 aliphatic rings. The van der Waals surface area contributed by atoms with Crippen molar-refractivity contribution in [1.29, 1.82) is 0 Å². The average Bonchev–Trinajstić information content (AvgIpc) is 3.23. The van der Waals surface area contributed by atoms with Gasteiger partial charge in [-0.1, -0.05) is 11.2 Å². The van der Waals surface area contributed by atoms with Crippen LogP contribution in [0.1, 0.15) is 52.6 Å². The Morgan fingerprint density at radius 3 is 2.55 bits per heavy atom. The second-order valence-electron chi connectivity index (χ2n) is 8.46. The Labute approximate surface area is 180 Å². The first kappa shape index (κ1) is 20.9. The summed E-state index contributed by atoms with van der Waals surface area (Å²) in [5.41, 5.74) is 5.21. The van der Waals surface area contributed by atoms with Crippen molar-refractivity contribution in [2.75, 3.05) is 0 Å². The molecule has 0 bridgehead atoms. The van der Waals surface area contributed by atoms with Crippen LogP contribution in [0.3, 0.4) is 0 Å². The van der Waals surface area contributed by atoms with Crippen molar-refractivity contribution >= 4 is 5.69 Å². The third-order valence-corrected chi connectivity index (χ3v) is 6.40. The van der Waals surface area contributed by atoms with Crippen LogP contribution in [0.25, 0.3) is 0 Å². The lowest BCUT2D eigenvalue weighted by Crippen LogP contribution is -2.34. The molecule has 7 nitrogen and oxygen atoms in total. The first-order valence-electron chi connectivity index (χ1n) is 10.4. The van der Waals surface area contributed by atoms with Crippen molar-refractivity contribution < 1.29 is 19.5 Å². The molecule has 1 unspecified atom stereocenters. The number of benzene rings is 2. The van der Waals surface area contributed by atoms with Gasteiger partial charge in [0.05, 0.1) is 5.69 Å². The zero-order valence-electron chi connectivity index (χ0n) is 18.2. The van der Waals surface area contributed by atoms with Crippen molar-refractivity contribution in [2.45, 2.75) is 59.0 Å². The van der Waals surface area contributed by atoms with Gasteiger partial charge in [0.2, 0.25) is 0 Å². The minimum Gasteiger partial charge on any atom is -0.504 e. The maximum atomic E-state index is 11.3.